The van der Waals surface area contributed by atoms with E-state index in [1.54, 1.807) is 6.20 Å². The molecular weight excluding hydrogens is 1240 g/mol. The van der Waals surface area contributed by atoms with Gasteiger partial charge in [-0.15, -0.1) is 0 Å². The zero-order valence-electron chi connectivity index (χ0n) is 49.2. The molecule has 8 heteroatoms. The van der Waals surface area contributed by atoms with Crippen LogP contribution in [0.4, 0.5) is 0 Å². The molecule has 6 heterocycles. The summed E-state index contributed by atoms with van der Waals surface area (Å²) < 4.78 is 11.7. The lowest BCUT2D eigenvalue weighted by Crippen LogP contribution is -1.96. The van der Waals surface area contributed by atoms with Crippen LogP contribution in [0, 0.1) is 0 Å². The fourth-order valence-electron chi connectivity index (χ4n) is 14.0. The molecule has 91 heavy (non-hydrogen) atoms. The molecule has 6 aromatic heterocycles. The van der Waals surface area contributed by atoms with Gasteiger partial charge < -0.3 is 18.3 Å². The Labute approximate surface area is 542 Å². The van der Waals surface area contributed by atoms with Gasteiger partial charge in [0.1, 0.15) is 0 Å². The van der Waals surface area contributed by atoms with Crippen LogP contribution in [0.15, 0.2) is 325 Å². The van der Waals surface area contributed by atoms with Crippen molar-refractivity contribution in [2.75, 3.05) is 0 Å². The molecular formula is C83H54Br2N6. The molecule has 0 atom stereocenters. The number of nitrogens with zero attached hydrogens (tertiary/aromatic N) is 6. The highest BCUT2D eigenvalue weighted by atomic mass is 79.9. The van der Waals surface area contributed by atoms with Gasteiger partial charge in [0, 0.05) is 111 Å². The lowest BCUT2D eigenvalue weighted by atomic mass is 10.1. The zero-order valence-corrected chi connectivity index (χ0v) is 52.3. The molecule has 0 saturated heterocycles. The third-order valence-corrected chi connectivity index (χ3v) is 19.0. The third-order valence-electron chi connectivity index (χ3n) is 18.0. The SMILES string of the molecule is Brc1ccc2c(c1)c1cc(Br)ccc1n2-c1cccc(-c2cccnc2)c1.c1ccc2c(c1)Cc1ccccc1-2.c1cncc(-c2cccc(-n3c4ccc(-n5c6ccccc6c6ccccc65)cc4c4cc(-n5c6ccccc6c6ccccc65)ccc43)c2)c1. The van der Waals surface area contributed by atoms with Crippen LogP contribution < -0.4 is 0 Å². The van der Waals surface area contributed by atoms with E-state index in [4.69, 9.17) is 0 Å². The molecule has 0 N–H and O–H groups in total. The highest BCUT2D eigenvalue weighted by molar-refractivity contribution is 9.10. The van der Waals surface area contributed by atoms with E-state index in [9.17, 15) is 0 Å². The van der Waals surface area contributed by atoms with Crippen LogP contribution in [-0.4, -0.2) is 28.2 Å². The second kappa shape index (κ2) is 22.6. The number of halogens is 2. The van der Waals surface area contributed by atoms with Gasteiger partial charge in [0.25, 0.3) is 0 Å². The van der Waals surface area contributed by atoms with Crippen molar-refractivity contribution in [3.63, 3.8) is 0 Å². The smallest absolute Gasteiger partial charge is 0.0542 e. The van der Waals surface area contributed by atoms with Crippen LogP contribution in [0.3, 0.4) is 0 Å². The first-order valence-electron chi connectivity index (χ1n) is 30.6. The molecule has 6 nitrogen and oxygen atoms in total. The molecule has 0 fully saturated rings. The van der Waals surface area contributed by atoms with Gasteiger partial charge in [-0.3, -0.25) is 9.97 Å². The van der Waals surface area contributed by atoms with Gasteiger partial charge >= 0.3 is 0 Å². The molecule has 1 aliphatic rings. The number of hydrogen-bond acceptors (Lipinski definition) is 2. The van der Waals surface area contributed by atoms with Crippen LogP contribution in [0.2, 0.25) is 0 Å². The number of aromatic nitrogens is 6. The van der Waals surface area contributed by atoms with Gasteiger partial charge in [-0.25, -0.2) is 0 Å². The van der Waals surface area contributed by atoms with Crippen molar-refractivity contribution < 1.29 is 0 Å². The summed E-state index contributed by atoms with van der Waals surface area (Å²) in [6.45, 7) is 0. The average molecular weight is 1300 g/mol. The summed E-state index contributed by atoms with van der Waals surface area (Å²) >= 11 is 7.23. The Balaban J connectivity index is 0.000000131. The summed E-state index contributed by atoms with van der Waals surface area (Å²) in [4.78, 5) is 8.65. The van der Waals surface area contributed by atoms with E-state index in [1.165, 1.54) is 98.4 Å². The Morgan fingerprint density at radius 3 is 0.945 bits per heavy atom. The topological polar surface area (TPSA) is 45.5 Å². The second-order valence-corrected chi connectivity index (χ2v) is 25.0. The van der Waals surface area contributed by atoms with Crippen molar-refractivity contribution in [3.05, 3.63) is 336 Å². The summed E-state index contributed by atoms with van der Waals surface area (Å²) in [5.74, 6) is 0. The summed E-state index contributed by atoms with van der Waals surface area (Å²) in [6.07, 6.45) is 8.56. The van der Waals surface area contributed by atoms with Gasteiger partial charge in [-0.1, -0.05) is 190 Å². The Bertz CT molecular complexity index is 5470. The molecule has 18 aromatic rings. The van der Waals surface area contributed by atoms with Crippen LogP contribution in [0.25, 0.3) is 143 Å². The van der Waals surface area contributed by atoms with E-state index in [1.807, 2.05) is 30.7 Å². The van der Waals surface area contributed by atoms with Crippen molar-refractivity contribution in [1.82, 2.24) is 28.2 Å². The van der Waals surface area contributed by atoms with E-state index < -0.39 is 0 Å². The molecule has 19 rings (SSSR count). The maximum Gasteiger partial charge on any atom is 0.0542 e. The van der Waals surface area contributed by atoms with E-state index in [-0.39, 0.29) is 0 Å². The molecule has 0 unspecified atom stereocenters. The average Bonchev–Trinajstić information content (AvgIpc) is 1.71. The number of pyridine rings is 2. The molecule has 430 valence electrons. The molecule has 0 saturated carbocycles. The second-order valence-electron chi connectivity index (χ2n) is 23.2. The quantitative estimate of drug-likeness (QED) is 0.167. The van der Waals surface area contributed by atoms with E-state index in [2.05, 4.69) is 339 Å². The van der Waals surface area contributed by atoms with Gasteiger partial charge in [0.05, 0.1) is 44.1 Å². The Hall–Kier alpha value is -10.9. The minimum absolute atomic E-state index is 1.08. The fourth-order valence-corrected chi connectivity index (χ4v) is 14.7. The number of rotatable bonds is 6. The van der Waals surface area contributed by atoms with Crippen LogP contribution in [0.1, 0.15) is 11.1 Å². The van der Waals surface area contributed by atoms with Crippen molar-refractivity contribution in [3.8, 4) is 56.1 Å². The van der Waals surface area contributed by atoms with Gasteiger partial charge in [0.2, 0.25) is 0 Å². The Morgan fingerprint density at radius 2 is 0.560 bits per heavy atom. The van der Waals surface area contributed by atoms with Crippen LogP contribution in [-0.2, 0) is 6.42 Å². The van der Waals surface area contributed by atoms with Crippen molar-refractivity contribution >= 4 is 119 Å². The summed E-state index contributed by atoms with van der Waals surface area (Å²) in [5, 5.41) is 9.92. The lowest BCUT2D eigenvalue weighted by Gasteiger charge is -2.12. The molecule has 12 aromatic carbocycles. The van der Waals surface area contributed by atoms with Crippen molar-refractivity contribution in [1.29, 1.82) is 0 Å². The summed E-state index contributed by atoms with van der Waals surface area (Å²) in [7, 11) is 0. The standard InChI is InChI=1S/C47H30N4.C23H14Br2N2.C13H10/c1-5-18-42-36(14-1)37-15-2-6-19-43(37)50(42)34-22-24-46-40(28-34)41-29-35(51-44-20-7-3-16-38(44)39-17-4-8-21-45(39)51)23-25-47(41)49(46)33-13-9-11-31(27-33)32-12-10-26-48-30-32;24-17-6-8-22-20(12-17)21-13-18(25)7-9-23(21)27(22)19-5-1-3-15(11-19)16-4-2-10-26-14-16;1-3-7-12-10(5-1)9-11-6-2-4-8-13(11)12/h1-30H;1-14H;1-8H,9H2. The van der Waals surface area contributed by atoms with Gasteiger partial charge in [0.15, 0.2) is 0 Å². The molecule has 0 spiro atoms. The van der Waals surface area contributed by atoms with E-state index in [0.717, 1.165) is 71.4 Å². The highest BCUT2D eigenvalue weighted by Gasteiger charge is 2.21. The summed E-state index contributed by atoms with van der Waals surface area (Å²) in [5.41, 5.74) is 24.3. The normalized spacial score (nSPS) is 11.8. The molecule has 0 bridgehead atoms. The first-order valence-corrected chi connectivity index (χ1v) is 32.2. The van der Waals surface area contributed by atoms with Crippen LogP contribution >= 0.6 is 31.9 Å². The Kier molecular flexibility index (Phi) is 13.5. The maximum atomic E-state index is 4.40. The number of fused-ring (bicyclic) bond motifs is 15. The predicted molar refractivity (Wildman–Crippen MR) is 387 cm³/mol. The third kappa shape index (κ3) is 9.45. The molecule has 1 aliphatic carbocycles. The minimum atomic E-state index is 1.08. The predicted octanol–water partition coefficient (Wildman–Crippen LogP) is 22.7. The minimum Gasteiger partial charge on any atom is -0.309 e. The number of hydrogen-bond donors (Lipinski definition) is 0. The number of para-hydroxylation sites is 4. The van der Waals surface area contributed by atoms with E-state index in [0.29, 0.717) is 0 Å². The number of benzene rings is 12. The highest BCUT2D eigenvalue weighted by Crippen LogP contribution is 2.42. The fraction of sp³-hybridized carbons (Fsp3) is 0.0120. The Morgan fingerprint density at radius 1 is 0.242 bits per heavy atom. The monoisotopic (exact) mass is 1290 g/mol. The largest absolute Gasteiger partial charge is 0.309 e. The molecule has 0 aliphatic heterocycles. The van der Waals surface area contributed by atoms with Gasteiger partial charge in [-0.2, -0.15) is 0 Å². The lowest BCUT2D eigenvalue weighted by molar-refractivity contribution is 1.16. The first kappa shape index (κ1) is 54.3. The van der Waals surface area contributed by atoms with Crippen molar-refractivity contribution in [2.24, 2.45) is 0 Å². The van der Waals surface area contributed by atoms with E-state index >= 15 is 0 Å². The molecule has 0 amide bonds. The van der Waals surface area contributed by atoms with Crippen molar-refractivity contribution in [2.45, 2.75) is 6.42 Å². The molecule has 0 radical (unpaired) electrons. The maximum absolute atomic E-state index is 4.40. The first-order chi connectivity index (χ1) is 45.0. The van der Waals surface area contributed by atoms with Gasteiger partial charge in [-0.05, 0) is 173 Å². The zero-order chi connectivity index (χ0) is 60.5. The van der Waals surface area contributed by atoms with Crippen LogP contribution in [0.5, 0.6) is 0 Å². The summed E-state index contributed by atoms with van der Waals surface area (Å²) in [6, 6.07) is 105.